The van der Waals surface area contributed by atoms with Crippen molar-refractivity contribution >= 4 is 15.9 Å². The lowest BCUT2D eigenvalue weighted by molar-refractivity contribution is 0.183. The van der Waals surface area contributed by atoms with Gasteiger partial charge in [0.15, 0.2) is 6.10 Å². The van der Waals surface area contributed by atoms with E-state index in [1.54, 1.807) is 0 Å². The molecule has 0 bridgehead atoms. The Morgan fingerprint density at radius 1 is 1.33 bits per heavy atom. The SMILES string of the molecule is Brc1noc(C2Cc3ccccc3O2)n1. The fraction of sp³-hybridized carbons (Fsp3) is 0.200. The molecule has 15 heavy (non-hydrogen) atoms. The van der Waals surface area contributed by atoms with Crippen molar-refractivity contribution in [2.24, 2.45) is 0 Å². The summed E-state index contributed by atoms with van der Waals surface area (Å²) in [6.45, 7) is 0. The van der Waals surface area contributed by atoms with Crippen LogP contribution in [0.1, 0.15) is 17.6 Å². The van der Waals surface area contributed by atoms with Gasteiger partial charge in [-0.05, 0) is 32.7 Å². The lowest BCUT2D eigenvalue weighted by Crippen LogP contribution is -2.03. The van der Waals surface area contributed by atoms with Crippen LogP contribution in [0.15, 0.2) is 33.5 Å². The van der Waals surface area contributed by atoms with E-state index in [4.69, 9.17) is 9.26 Å². The van der Waals surface area contributed by atoms with Gasteiger partial charge >= 0.3 is 0 Å². The molecule has 0 saturated carbocycles. The summed E-state index contributed by atoms with van der Waals surface area (Å²) in [5.41, 5.74) is 1.18. The van der Waals surface area contributed by atoms with E-state index in [1.807, 2.05) is 24.3 Å². The van der Waals surface area contributed by atoms with Gasteiger partial charge in [0.05, 0.1) is 0 Å². The lowest BCUT2D eigenvalue weighted by Gasteiger charge is -2.03. The van der Waals surface area contributed by atoms with Crippen molar-refractivity contribution in [1.29, 1.82) is 0 Å². The zero-order valence-electron chi connectivity index (χ0n) is 7.68. The standard InChI is InChI=1S/C10H7BrN2O2/c11-10-12-9(15-13-10)8-5-6-3-1-2-4-7(6)14-8/h1-4,8H,5H2. The Labute approximate surface area is 94.4 Å². The number of benzene rings is 1. The van der Waals surface area contributed by atoms with Gasteiger partial charge in [0.2, 0.25) is 4.73 Å². The molecule has 76 valence electrons. The fourth-order valence-electron chi connectivity index (χ4n) is 1.67. The summed E-state index contributed by atoms with van der Waals surface area (Å²) in [7, 11) is 0. The summed E-state index contributed by atoms with van der Waals surface area (Å²) >= 11 is 3.14. The van der Waals surface area contributed by atoms with E-state index in [2.05, 4.69) is 26.1 Å². The van der Waals surface area contributed by atoms with Crippen molar-refractivity contribution in [2.45, 2.75) is 12.5 Å². The second kappa shape index (κ2) is 3.34. The molecule has 0 amide bonds. The summed E-state index contributed by atoms with van der Waals surface area (Å²) in [6.07, 6.45) is 0.631. The molecular weight excluding hydrogens is 260 g/mol. The van der Waals surface area contributed by atoms with E-state index in [-0.39, 0.29) is 6.10 Å². The number of para-hydroxylation sites is 1. The third kappa shape index (κ3) is 1.52. The zero-order chi connectivity index (χ0) is 10.3. The van der Waals surface area contributed by atoms with Crippen LogP contribution in [0.5, 0.6) is 5.75 Å². The van der Waals surface area contributed by atoms with E-state index in [0.29, 0.717) is 10.6 Å². The molecular formula is C10H7BrN2O2. The van der Waals surface area contributed by atoms with Gasteiger partial charge in [-0.15, -0.1) is 0 Å². The van der Waals surface area contributed by atoms with Crippen molar-refractivity contribution in [1.82, 2.24) is 10.1 Å². The largest absolute Gasteiger partial charge is 0.480 e. The summed E-state index contributed by atoms with van der Waals surface area (Å²) in [5.74, 6) is 1.41. The number of aromatic nitrogens is 2. The quantitative estimate of drug-likeness (QED) is 0.796. The van der Waals surface area contributed by atoms with Crippen LogP contribution < -0.4 is 4.74 Å². The molecule has 1 atom stereocenters. The molecule has 0 aliphatic carbocycles. The van der Waals surface area contributed by atoms with Gasteiger partial charge in [-0.1, -0.05) is 18.2 Å². The first kappa shape index (κ1) is 8.91. The maximum Gasteiger partial charge on any atom is 0.268 e. The Hall–Kier alpha value is -1.36. The molecule has 1 aromatic carbocycles. The van der Waals surface area contributed by atoms with Crippen LogP contribution in [0, 0.1) is 0 Å². The van der Waals surface area contributed by atoms with Crippen molar-refractivity contribution < 1.29 is 9.26 Å². The molecule has 1 aliphatic rings. The fourth-order valence-corrected chi connectivity index (χ4v) is 1.91. The highest BCUT2D eigenvalue weighted by molar-refractivity contribution is 9.10. The normalized spacial score (nSPS) is 18.6. The number of ether oxygens (including phenoxy) is 1. The minimum Gasteiger partial charge on any atom is -0.480 e. The average Bonchev–Trinajstić information content (AvgIpc) is 2.82. The third-order valence-electron chi connectivity index (χ3n) is 2.34. The highest BCUT2D eigenvalue weighted by atomic mass is 79.9. The number of halogens is 1. The van der Waals surface area contributed by atoms with Gasteiger partial charge in [0, 0.05) is 6.42 Å². The van der Waals surface area contributed by atoms with Crippen molar-refractivity contribution in [3.8, 4) is 5.75 Å². The van der Waals surface area contributed by atoms with Crippen LogP contribution in [0.25, 0.3) is 0 Å². The molecule has 1 aliphatic heterocycles. The number of rotatable bonds is 1. The van der Waals surface area contributed by atoms with E-state index < -0.39 is 0 Å². The van der Waals surface area contributed by atoms with Crippen LogP contribution in [-0.2, 0) is 6.42 Å². The molecule has 2 aromatic rings. The molecule has 0 radical (unpaired) electrons. The first-order valence-corrected chi connectivity index (χ1v) is 5.36. The van der Waals surface area contributed by atoms with Gasteiger partial charge < -0.3 is 9.26 Å². The Kier molecular flexibility index (Phi) is 1.98. The Bertz CT molecular complexity index is 473. The van der Waals surface area contributed by atoms with Crippen LogP contribution >= 0.6 is 15.9 Å². The summed E-state index contributed by atoms with van der Waals surface area (Å²) < 4.78 is 11.2. The summed E-state index contributed by atoms with van der Waals surface area (Å²) in [6, 6.07) is 7.93. The Morgan fingerprint density at radius 3 is 2.93 bits per heavy atom. The van der Waals surface area contributed by atoms with Crippen molar-refractivity contribution in [3.05, 3.63) is 40.5 Å². The first-order valence-electron chi connectivity index (χ1n) is 4.56. The van der Waals surface area contributed by atoms with Crippen molar-refractivity contribution in [2.75, 3.05) is 0 Å². The molecule has 0 N–H and O–H groups in total. The van der Waals surface area contributed by atoms with Crippen molar-refractivity contribution in [3.63, 3.8) is 0 Å². The number of nitrogens with zero attached hydrogens (tertiary/aromatic N) is 2. The van der Waals surface area contributed by atoms with Gasteiger partial charge in [0.1, 0.15) is 5.75 Å². The monoisotopic (exact) mass is 266 g/mol. The average molecular weight is 267 g/mol. The van der Waals surface area contributed by atoms with Crippen LogP contribution in [0.2, 0.25) is 0 Å². The second-order valence-electron chi connectivity index (χ2n) is 3.32. The summed E-state index contributed by atoms with van der Waals surface area (Å²) in [4.78, 5) is 4.09. The maximum atomic E-state index is 5.69. The minimum atomic E-state index is -0.152. The van der Waals surface area contributed by atoms with Crippen LogP contribution in [0.3, 0.4) is 0 Å². The third-order valence-corrected chi connectivity index (χ3v) is 2.66. The molecule has 1 aromatic heterocycles. The van der Waals surface area contributed by atoms with Gasteiger partial charge in [-0.3, -0.25) is 0 Å². The van der Waals surface area contributed by atoms with Gasteiger partial charge in [-0.2, -0.15) is 4.98 Å². The number of hydrogen-bond acceptors (Lipinski definition) is 4. The molecule has 3 rings (SSSR count). The van der Waals surface area contributed by atoms with Gasteiger partial charge in [0.25, 0.3) is 5.89 Å². The molecule has 4 nitrogen and oxygen atoms in total. The lowest BCUT2D eigenvalue weighted by atomic mass is 10.1. The molecule has 1 unspecified atom stereocenters. The van der Waals surface area contributed by atoms with E-state index in [0.717, 1.165) is 12.2 Å². The number of hydrogen-bond donors (Lipinski definition) is 0. The van der Waals surface area contributed by atoms with E-state index in [1.165, 1.54) is 5.56 Å². The maximum absolute atomic E-state index is 5.69. The van der Waals surface area contributed by atoms with Crippen LogP contribution in [0.4, 0.5) is 0 Å². The van der Waals surface area contributed by atoms with Crippen LogP contribution in [-0.4, -0.2) is 10.1 Å². The highest BCUT2D eigenvalue weighted by Crippen LogP contribution is 2.35. The van der Waals surface area contributed by atoms with E-state index in [9.17, 15) is 0 Å². The van der Waals surface area contributed by atoms with E-state index >= 15 is 0 Å². The van der Waals surface area contributed by atoms with Gasteiger partial charge in [-0.25, -0.2) is 0 Å². The Morgan fingerprint density at radius 2 is 2.20 bits per heavy atom. The Balaban J connectivity index is 1.90. The molecule has 0 saturated heterocycles. The number of fused-ring (bicyclic) bond motifs is 1. The topological polar surface area (TPSA) is 48.2 Å². The molecule has 0 fully saturated rings. The second-order valence-corrected chi connectivity index (χ2v) is 4.03. The molecule has 2 heterocycles. The molecule has 0 spiro atoms. The smallest absolute Gasteiger partial charge is 0.268 e. The predicted molar refractivity (Wildman–Crippen MR) is 55.5 cm³/mol. The first-order chi connectivity index (χ1) is 7.33. The predicted octanol–water partition coefficient (Wildman–Crippen LogP) is 2.51. The highest BCUT2D eigenvalue weighted by Gasteiger charge is 2.28. The minimum absolute atomic E-state index is 0.152. The zero-order valence-corrected chi connectivity index (χ0v) is 9.27. The summed E-state index contributed by atoms with van der Waals surface area (Å²) in [5, 5.41) is 3.67. The molecule has 5 heteroatoms.